The molecule has 1 saturated heterocycles. The van der Waals surface area contributed by atoms with Crippen molar-refractivity contribution >= 4 is 11.9 Å². The van der Waals surface area contributed by atoms with Gasteiger partial charge in [0.05, 0.1) is 18.4 Å². The molecular formula is C10H18N2O4. The predicted octanol–water partition coefficient (Wildman–Crippen LogP) is -0.717. The van der Waals surface area contributed by atoms with Crippen LogP contribution in [0.2, 0.25) is 0 Å². The van der Waals surface area contributed by atoms with Crippen LogP contribution in [0.15, 0.2) is 0 Å². The van der Waals surface area contributed by atoms with Gasteiger partial charge in [-0.05, 0) is 6.42 Å². The lowest BCUT2D eigenvalue weighted by atomic mass is 10.1. The van der Waals surface area contributed by atoms with E-state index in [1.165, 1.54) is 7.11 Å². The van der Waals surface area contributed by atoms with Crippen LogP contribution in [0.25, 0.3) is 0 Å². The quantitative estimate of drug-likeness (QED) is 0.650. The maximum absolute atomic E-state index is 11.7. The van der Waals surface area contributed by atoms with Crippen LogP contribution in [0.5, 0.6) is 0 Å². The highest BCUT2D eigenvalue weighted by molar-refractivity contribution is 5.79. The Morgan fingerprint density at radius 2 is 2.31 bits per heavy atom. The molecule has 0 radical (unpaired) electrons. The van der Waals surface area contributed by atoms with Crippen molar-refractivity contribution in [2.45, 2.75) is 18.9 Å². The van der Waals surface area contributed by atoms with E-state index in [-0.39, 0.29) is 18.4 Å². The summed E-state index contributed by atoms with van der Waals surface area (Å²) in [5.74, 6) is -1.35. The van der Waals surface area contributed by atoms with Crippen molar-refractivity contribution in [1.82, 2.24) is 4.90 Å². The Kier molecular flexibility index (Phi) is 4.70. The van der Waals surface area contributed by atoms with Gasteiger partial charge in [-0.1, -0.05) is 0 Å². The van der Waals surface area contributed by atoms with Crippen molar-refractivity contribution in [3.8, 4) is 0 Å². The summed E-state index contributed by atoms with van der Waals surface area (Å²) in [6.07, 6.45) is 0.470. The highest BCUT2D eigenvalue weighted by Gasteiger charge is 2.31. The molecule has 0 aromatic carbocycles. The molecule has 1 aliphatic heterocycles. The molecule has 2 unspecified atom stereocenters. The van der Waals surface area contributed by atoms with Gasteiger partial charge >= 0.3 is 5.97 Å². The first-order chi connectivity index (χ1) is 7.58. The van der Waals surface area contributed by atoms with Gasteiger partial charge < -0.3 is 20.5 Å². The number of likely N-dealkylation sites (tertiary alicyclic amines) is 1. The van der Waals surface area contributed by atoms with Crippen LogP contribution in [0.3, 0.4) is 0 Å². The van der Waals surface area contributed by atoms with Gasteiger partial charge in [0.2, 0.25) is 5.91 Å². The molecule has 0 aromatic rings. The molecule has 6 nitrogen and oxygen atoms in total. The Morgan fingerprint density at radius 1 is 1.62 bits per heavy atom. The summed E-state index contributed by atoms with van der Waals surface area (Å²) < 4.78 is 5.02. The van der Waals surface area contributed by atoms with Crippen molar-refractivity contribution in [1.29, 1.82) is 0 Å². The Balaban J connectivity index is 2.41. The molecule has 0 aliphatic carbocycles. The molecule has 0 aromatic heterocycles. The van der Waals surface area contributed by atoms with Crippen LogP contribution >= 0.6 is 0 Å². The van der Waals surface area contributed by atoms with E-state index in [1.54, 1.807) is 4.90 Å². The summed E-state index contributed by atoms with van der Waals surface area (Å²) in [5, 5.41) is 8.80. The zero-order chi connectivity index (χ0) is 12.1. The number of carbonyl (C=O) groups excluding carboxylic acids is 1. The third-order valence-corrected chi connectivity index (χ3v) is 2.89. The van der Waals surface area contributed by atoms with Crippen molar-refractivity contribution in [2.24, 2.45) is 11.7 Å². The number of nitrogens with zero attached hydrogens (tertiary/aromatic N) is 1. The summed E-state index contributed by atoms with van der Waals surface area (Å²) in [7, 11) is 1.51. The summed E-state index contributed by atoms with van der Waals surface area (Å²) in [5.41, 5.74) is 5.42. The first kappa shape index (κ1) is 12.9. The zero-order valence-corrected chi connectivity index (χ0v) is 9.39. The van der Waals surface area contributed by atoms with Gasteiger partial charge in [-0.3, -0.25) is 9.59 Å². The van der Waals surface area contributed by atoms with E-state index in [0.29, 0.717) is 26.1 Å². The van der Waals surface area contributed by atoms with Crippen LogP contribution in [0, 0.1) is 5.92 Å². The highest BCUT2D eigenvalue weighted by atomic mass is 16.5. The Morgan fingerprint density at radius 3 is 2.75 bits per heavy atom. The van der Waals surface area contributed by atoms with Gasteiger partial charge in [-0.2, -0.15) is 0 Å². The minimum atomic E-state index is -0.836. The summed E-state index contributed by atoms with van der Waals surface area (Å²) >= 11 is 0. The number of hydrogen-bond acceptors (Lipinski definition) is 4. The third kappa shape index (κ3) is 3.18. The van der Waals surface area contributed by atoms with Crippen LogP contribution in [-0.2, 0) is 14.3 Å². The van der Waals surface area contributed by atoms with E-state index in [4.69, 9.17) is 15.6 Å². The number of rotatable bonds is 5. The predicted molar refractivity (Wildman–Crippen MR) is 56.8 cm³/mol. The number of aliphatic carboxylic acids is 1. The van der Waals surface area contributed by atoms with Crippen LogP contribution in [-0.4, -0.2) is 54.7 Å². The van der Waals surface area contributed by atoms with E-state index in [0.717, 1.165) is 0 Å². The second-order valence-corrected chi connectivity index (χ2v) is 3.96. The zero-order valence-electron chi connectivity index (χ0n) is 9.39. The molecule has 92 valence electrons. The van der Waals surface area contributed by atoms with E-state index in [2.05, 4.69) is 0 Å². The fourth-order valence-corrected chi connectivity index (χ4v) is 1.78. The van der Waals surface area contributed by atoms with E-state index in [9.17, 15) is 9.59 Å². The van der Waals surface area contributed by atoms with Crippen molar-refractivity contribution in [3.63, 3.8) is 0 Å². The number of carboxylic acids is 1. The first-order valence-electron chi connectivity index (χ1n) is 5.32. The fraction of sp³-hybridized carbons (Fsp3) is 0.800. The number of hydrogen-bond donors (Lipinski definition) is 2. The van der Waals surface area contributed by atoms with Crippen LogP contribution < -0.4 is 5.73 Å². The molecule has 6 heteroatoms. The van der Waals surface area contributed by atoms with Gasteiger partial charge in [0.25, 0.3) is 0 Å². The van der Waals surface area contributed by atoms with Crippen molar-refractivity contribution in [2.75, 3.05) is 26.7 Å². The second kappa shape index (κ2) is 5.81. The monoisotopic (exact) mass is 230 g/mol. The topological polar surface area (TPSA) is 92.9 Å². The molecule has 1 rings (SSSR count). The van der Waals surface area contributed by atoms with Crippen molar-refractivity contribution in [3.05, 3.63) is 0 Å². The molecule has 1 aliphatic rings. The molecular weight excluding hydrogens is 212 g/mol. The number of nitrogens with two attached hydrogens (primary N) is 1. The number of methoxy groups -OCH3 is 1. The fourth-order valence-electron chi connectivity index (χ4n) is 1.78. The molecule has 2 atom stereocenters. The van der Waals surface area contributed by atoms with Gasteiger partial charge in [-0.15, -0.1) is 0 Å². The van der Waals surface area contributed by atoms with E-state index >= 15 is 0 Å². The molecule has 1 amide bonds. The van der Waals surface area contributed by atoms with Crippen LogP contribution in [0.1, 0.15) is 12.8 Å². The summed E-state index contributed by atoms with van der Waals surface area (Å²) in [6, 6.07) is 0. The van der Waals surface area contributed by atoms with Crippen LogP contribution in [0.4, 0.5) is 0 Å². The smallest absolute Gasteiger partial charge is 0.308 e. The minimum Gasteiger partial charge on any atom is -0.481 e. The number of carboxylic acid groups (broad SMARTS) is 1. The number of ether oxygens (including phenoxy) is 1. The van der Waals surface area contributed by atoms with Gasteiger partial charge in [0, 0.05) is 26.7 Å². The average molecular weight is 230 g/mol. The molecule has 0 saturated carbocycles. The first-order valence-corrected chi connectivity index (χ1v) is 5.32. The summed E-state index contributed by atoms with van der Waals surface area (Å²) in [4.78, 5) is 24.0. The Hall–Kier alpha value is -1.14. The average Bonchev–Trinajstić information content (AvgIpc) is 2.74. The van der Waals surface area contributed by atoms with E-state index in [1.807, 2.05) is 0 Å². The van der Waals surface area contributed by atoms with E-state index < -0.39 is 11.9 Å². The standard InChI is InChI=1S/C10H18N2O4/c1-16-8(5-11)4-9(13)12-3-2-7(6-12)10(14)15/h7-8H,2-6,11H2,1H3,(H,14,15). The van der Waals surface area contributed by atoms with Gasteiger partial charge in [-0.25, -0.2) is 0 Å². The van der Waals surface area contributed by atoms with Gasteiger partial charge in [0.1, 0.15) is 0 Å². The Labute approximate surface area is 94.3 Å². The second-order valence-electron chi connectivity index (χ2n) is 3.96. The normalized spacial score (nSPS) is 22.1. The van der Waals surface area contributed by atoms with Gasteiger partial charge in [0.15, 0.2) is 0 Å². The molecule has 0 spiro atoms. The largest absolute Gasteiger partial charge is 0.481 e. The molecule has 0 bridgehead atoms. The lowest BCUT2D eigenvalue weighted by Gasteiger charge is -2.19. The lowest BCUT2D eigenvalue weighted by Crippen LogP contribution is -2.35. The highest BCUT2D eigenvalue weighted by Crippen LogP contribution is 2.17. The lowest BCUT2D eigenvalue weighted by molar-refractivity contribution is -0.141. The Bertz CT molecular complexity index is 266. The molecule has 16 heavy (non-hydrogen) atoms. The maximum atomic E-state index is 11.7. The summed E-state index contributed by atoms with van der Waals surface area (Å²) in [6.45, 7) is 1.10. The van der Waals surface area contributed by atoms with Crippen molar-refractivity contribution < 1.29 is 19.4 Å². The molecule has 1 fully saturated rings. The maximum Gasteiger partial charge on any atom is 0.308 e. The number of carbonyl (C=O) groups is 2. The minimum absolute atomic E-state index is 0.0824. The molecule has 3 N–H and O–H groups in total. The SMILES string of the molecule is COC(CN)CC(=O)N1CCC(C(=O)O)C1. The number of amides is 1. The third-order valence-electron chi connectivity index (χ3n) is 2.89. The molecule has 1 heterocycles.